The van der Waals surface area contributed by atoms with Crippen molar-refractivity contribution < 1.29 is 18.3 Å². The second-order valence-corrected chi connectivity index (χ2v) is 7.91. The highest BCUT2D eigenvalue weighted by atomic mass is 32.2. The molecule has 128 valence electrons. The molecule has 1 aliphatic rings. The summed E-state index contributed by atoms with van der Waals surface area (Å²) in [4.78, 5) is 11.1. The second kappa shape index (κ2) is 7.42. The Morgan fingerprint density at radius 3 is 2.61 bits per heavy atom. The fourth-order valence-electron chi connectivity index (χ4n) is 2.87. The molecule has 1 fully saturated rings. The third-order valence-electron chi connectivity index (χ3n) is 4.31. The summed E-state index contributed by atoms with van der Waals surface area (Å²) >= 11 is 0. The Balaban J connectivity index is 2.19. The molecular weight excluding hydrogens is 316 g/mol. The van der Waals surface area contributed by atoms with E-state index in [2.05, 4.69) is 4.72 Å². The van der Waals surface area contributed by atoms with Crippen LogP contribution in [0.25, 0.3) is 0 Å². The molecule has 0 unspecified atom stereocenters. The monoisotopic (exact) mass is 340 g/mol. The van der Waals surface area contributed by atoms with E-state index in [9.17, 15) is 13.2 Å². The van der Waals surface area contributed by atoms with Crippen LogP contribution >= 0.6 is 0 Å². The van der Waals surface area contributed by atoms with E-state index >= 15 is 0 Å². The average molecular weight is 340 g/mol. The minimum absolute atomic E-state index is 0.0141. The molecule has 1 atom stereocenters. The molecule has 1 saturated carbocycles. The number of hydrogen-bond acceptors (Lipinski definition) is 4. The van der Waals surface area contributed by atoms with Crippen molar-refractivity contribution in [2.45, 2.75) is 62.4 Å². The number of nitrogens with one attached hydrogen (secondary N) is 1. The lowest BCUT2D eigenvalue weighted by atomic mass is 9.96. The van der Waals surface area contributed by atoms with Crippen LogP contribution < -0.4 is 10.5 Å². The molecule has 0 aromatic heterocycles. The van der Waals surface area contributed by atoms with E-state index in [1.165, 1.54) is 6.07 Å². The van der Waals surface area contributed by atoms with Crippen LogP contribution in [0, 0.1) is 6.92 Å². The number of nitrogens with two attached hydrogens (primary N) is 1. The predicted molar refractivity (Wildman–Crippen MR) is 87.7 cm³/mol. The molecule has 0 saturated heterocycles. The maximum Gasteiger partial charge on any atom is 0.320 e. The third-order valence-corrected chi connectivity index (χ3v) is 5.83. The van der Waals surface area contributed by atoms with Gasteiger partial charge >= 0.3 is 5.97 Å². The molecule has 0 heterocycles. The zero-order valence-corrected chi connectivity index (χ0v) is 14.1. The van der Waals surface area contributed by atoms with Gasteiger partial charge in [0.2, 0.25) is 10.0 Å². The number of carbonyl (C=O) groups is 1. The molecule has 1 aromatic carbocycles. The van der Waals surface area contributed by atoms with Gasteiger partial charge in [0, 0.05) is 6.04 Å². The smallest absolute Gasteiger partial charge is 0.320 e. The van der Waals surface area contributed by atoms with Crippen molar-refractivity contribution in [3.8, 4) is 0 Å². The van der Waals surface area contributed by atoms with E-state index in [0.717, 1.165) is 37.7 Å². The highest BCUT2D eigenvalue weighted by Gasteiger charge is 2.23. The van der Waals surface area contributed by atoms with Gasteiger partial charge in [-0.1, -0.05) is 25.3 Å². The van der Waals surface area contributed by atoms with Crippen molar-refractivity contribution in [3.63, 3.8) is 0 Å². The van der Waals surface area contributed by atoms with Crippen molar-refractivity contribution in [3.05, 3.63) is 29.3 Å². The summed E-state index contributed by atoms with van der Waals surface area (Å²) in [6.45, 7) is 1.81. The quantitative estimate of drug-likeness (QED) is 0.728. The SMILES string of the molecule is Cc1ccc(S(=O)(=O)NC2CCCCC2)cc1C[C@H](N)C(=O)O. The standard InChI is InChI=1S/C16H24N2O4S/c1-11-7-8-14(9-12(11)10-15(17)16(19)20)23(21,22)18-13-5-3-2-4-6-13/h7-9,13,15,18H,2-6,10,17H2,1H3,(H,19,20)/t15-/m0/s1. The summed E-state index contributed by atoms with van der Waals surface area (Å²) in [5.41, 5.74) is 7.04. The van der Waals surface area contributed by atoms with Gasteiger partial charge in [-0.15, -0.1) is 0 Å². The first-order chi connectivity index (χ1) is 10.8. The Morgan fingerprint density at radius 2 is 2.00 bits per heavy atom. The van der Waals surface area contributed by atoms with E-state index in [1.54, 1.807) is 12.1 Å². The first kappa shape index (κ1) is 17.9. The van der Waals surface area contributed by atoms with Gasteiger partial charge in [-0.2, -0.15) is 0 Å². The lowest BCUT2D eigenvalue weighted by molar-refractivity contribution is -0.138. The van der Waals surface area contributed by atoms with E-state index in [0.29, 0.717) is 5.56 Å². The largest absolute Gasteiger partial charge is 0.480 e. The van der Waals surface area contributed by atoms with Gasteiger partial charge in [-0.25, -0.2) is 13.1 Å². The lowest BCUT2D eigenvalue weighted by Gasteiger charge is -2.23. The van der Waals surface area contributed by atoms with Crippen LogP contribution in [0.1, 0.15) is 43.2 Å². The van der Waals surface area contributed by atoms with Crippen molar-refractivity contribution in [2.75, 3.05) is 0 Å². The zero-order valence-electron chi connectivity index (χ0n) is 13.3. The number of sulfonamides is 1. The van der Waals surface area contributed by atoms with Gasteiger partial charge in [0.25, 0.3) is 0 Å². The molecule has 7 heteroatoms. The van der Waals surface area contributed by atoms with Crippen molar-refractivity contribution >= 4 is 16.0 Å². The molecule has 4 N–H and O–H groups in total. The Kier molecular flexibility index (Phi) is 5.78. The fourth-order valence-corrected chi connectivity index (χ4v) is 4.22. The van der Waals surface area contributed by atoms with Crippen LogP contribution in [-0.4, -0.2) is 31.6 Å². The van der Waals surface area contributed by atoms with Crippen LogP contribution in [0.15, 0.2) is 23.1 Å². The highest BCUT2D eigenvalue weighted by Crippen LogP contribution is 2.21. The van der Waals surface area contributed by atoms with Crippen molar-refractivity contribution in [1.29, 1.82) is 0 Å². The number of aliphatic carboxylic acids is 1. The maximum atomic E-state index is 12.5. The fraction of sp³-hybridized carbons (Fsp3) is 0.562. The molecule has 0 radical (unpaired) electrons. The Labute approximate surface area is 137 Å². The topological polar surface area (TPSA) is 109 Å². The molecule has 6 nitrogen and oxygen atoms in total. The first-order valence-corrected chi connectivity index (χ1v) is 9.38. The first-order valence-electron chi connectivity index (χ1n) is 7.90. The maximum absolute atomic E-state index is 12.5. The predicted octanol–water partition coefficient (Wildman–Crippen LogP) is 1.56. The number of hydrogen-bond donors (Lipinski definition) is 3. The van der Waals surface area contributed by atoms with Crippen LogP contribution in [0.2, 0.25) is 0 Å². The van der Waals surface area contributed by atoms with Gasteiger partial charge < -0.3 is 10.8 Å². The molecule has 0 aliphatic heterocycles. The summed E-state index contributed by atoms with van der Waals surface area (Å²) < 4.78 is 27.8. The second-order valence-electron chi connectivity index (χ2n) is 6.19. The summed E-state index contributed by atoms with van der Waals surface area (Å²) in [5.74, 6) is -1.10. The molecule has 0 bridgehead atoms. The Morgan fingerprint density at radius 1 is 1.35 bits per heavy atom. The van der Waals surface area contributed by atoms with E-state index in [1.807, 2.05) is 6.92 Å². The summed E-state index contributed by atoms with van der Waals surface area (Å²) in [6.07, 6.45) is 5.07. The minimum atomic E-state index is -3.59. The summed E-state index contributed by atoms with van der Waals surface area (Å²) in [6, 6.07) is 3.72. The molecule has 1 aromatic rings. The Hall–Kier alpha value is -1.44. The number of rotatable bonds is 6. The molecule has 0 spiro atoms. The van der Waals surface area contributed by atoms with Gasteiger partial charge in [0.1, 0.15) is 6.04 Å². The molecule has 2 rings (SSSR count). The molecule has 1 aliphatic carbocycles. The number of carboxylic acid groups (broad SMARTS) is 1. The van der Waals surface area contributed by atoms with E-state index < -0.39 is 22.0 Å². The third kappa shape index (κ3) is 4.76. The average Bonchev–Trinajstić information content (AvgIpc) is 2.49. The number of aryl methyl sites for hydroxylation is 1. The highest BCUT2D eigenvalue weighted by molar-refractivity contribution is 7.89. The lowest BCUT2D eigenvalue weighted by Crippen LogP contribution is -2.36. The molecular formula is C16H24N2O4S. The van der Waals surface area contributed by atoms with Gasteiger partial charge in [-0.3, -0.25) is 4.79 Å². The van der Waals surface area contributed by atoms with E-state index in [4.69, 9.17) is 10.8 Å². The van der Waals surface area contributed by atoms with Crippen molar-refractivity contribution in [1.82, 2.24) is 4.72 Å². The van der Waals surface area contributed by atoms with Crippen LogP contribution in [0.5, 0.6) is 0 Å². The van der Waals surface area contributed by atoms with Crippen LogP contribution in [0.4, 0.5) is 0 Å². The summed E-state index contributed by atoms with van der Waals surface area (Å²) in [5, 5.41) is 8.92. The van der Waals surface area contributed by atoms with Crippen LogP contribution in [-0.2, 0) is 21.2 Å². The van der Waals surface area contributed by atoms with Crippen LogP contribution in [0.3, 0.4) is 0 Å². The van der Waals surface area contributed by atoms with E-state index in [-0.39, 0.29) is 17.4 Å². The van der Waals surface area contributed by atoms with Gasteiger partial charge in [0.15, 0.2) is 0 Å². The van der Waals surface area contributed by atoms with Gasteiger partial charge in [0.05, 0.1) is 4.90 Å². The van der Waals surface area contributed by atoms with Gasteiger partial charge in [-0.05, 0) is 49.4 Å². The summed E-state index contributed by atoms with van der Waals surface area (Å²) in [7, 11) is -3.59. The minimum Gasteiger partial charge on any atom is -0.480 e. The Bertz CT molecular complexity index is 667. The number of benzene rings is 1. The molecule has 0 amide bonds. The van der Waals surface area contributed by atoms with Crippen molar-refractivity contribution in [2.24, 2.45) is 5.73 Å². The number of carboxylic acids is 1. The molecule has 23 heavy (non-hydrogen) atoms. The zero-order chi connectivity index (χ0) is 17.0. The normalized spacial score (nSPS) is 17.8.